The summed E-state index contributed by atoms with van der Waals surface area (Å²) < 4.78 is 10.4. The van der Waals surface area contributed by atoms with Crippen LogP contribution < -0.4 is 21.9 Å². The minimum absolute atomic E-state index is 0.182. The van der Waals surface area contributed by atoms with Crippen molar-refractivity contribution in [1.82, 2.24) is 10.6 Å². The predicted octanol–water partition coefficient (Wildman–Crippen LogP) is 5.76. The summed E-state index contributed by atoms with van der Waals surface area (Å²) in [7, 11) is 0. The first-order valence-electron chi connectivity index (χ1n) is 16.5. The Balaban J connectivity index is 0.000000143. The van der Waals surface area contributed by atoms with Gasteiger partial charge < -0.3 is 19.5 Å². The normalized spacial score (nSPS) is 24.9. The van der Waals surface area contributed by atoms with Crippen LogP contribution in [-0.2, 0) is 25.7 Å². The highest BCUT2D eigenvalue weighted by molar-refractivity contribution is 5.99. The van der Waals surface area contributed by atoms with Crippen molar-refractivity contribution in [3.8, 4) is 0 Å². The van der Waals surface area contributed by atoms with Gasteiger partial charge in [0, 0.05) is 36.4 Å². The van der Waals surface area contributed by atoms with E-state index in [9.17, 15) is 19.2 Å². The molecular formula is C36H42N2O6. The van der Waals surface area contributed by atoms with Gasteiger partial charge in [-0.2, -0.15) is 0 Å². The van der Waals surface area contributed by atoms with Crippen LogP contribution in [0.3, 0.4) is 0 Å². The molecule has 44 heavy (non-hydrogen) atoms. The standard InChI is InChI=1S/C19H23NO3.C17H19NO3/c1-11-8-16-18(19(22)20-11)14(10-17(21)23-16)7-6-13-9-15(13)12-4-2-3-5-12;1-10-6-13-15(16(20)18-10)12(7-14(19)21-13)3-2-11-8-17(9-11)4-5-17/h10,12-13,15H,1-9H2,(H,20,22);7,11H,1-6,8-9H2,(H,18,20)/t13?,15-;/m0./s1. The van der Waals surface area contributed by atoms with Crippen molar-refractivity contribution in [3.05, 3.63) is 91.3 Å². The van der Waals surface area contributed by atoms with Crippen molar-refractivity contribution in [3.63, 3.8) is 0 Å². The number of carbonyl (C=O) groups excluding carboxylic acids is 2. The number of hydrogen-bond acceptors (Lipinski definition) is 6. The van der Waals surface area contributed by atoms with Crippen molar-refractivity contribution in [2.24, 2.45) is 29.1 Å². The molecule has 2 aromatic rings. The zero-order chi connectivity index (χ0) is 30.6. The Morgan fingerprint density at radius 2 is 1.30 bits per heavy atom. The molecule has 0 aromatic carbocycles. The third-order valence-electron chi connectivity index (χ3n) is 11.0. The number of allylic oxidation sites excluding steroid dienone is 2. The van der Waals surface area contributed by atoms with Gasteiger partial charge in [-0.25, -0.2) is 9.59 Å². The molecule has 8 nitrogen and oxygen atoms in total. The minimum Gasteiger partial charge on any atom is -0.427 e. The number of hydrogen-bond donors (Lipinski definition) is 2. The lowest BCUT2D eigenvalue weighted by molar-refractivity contribution is 0.0943. The van der Waals surface area contributed by atoms with Gasteiger partial charge in [-0.3, -0.25) is 9.59 Å². The summed E-state index contributed by atoms with van der Waals surface area (Å²) in [6.07, 6.45) is 16.9. The Bertz CT molecular complexity index is 1650. The third-order valence-corrected chi connectivity index (χ3v) is 11.0. The highest BCUT2D eigenvalue weighted by Crippen LogP contribution is 2.64. The Labute approximate surface area is 257 Å². The van der Waals surface area contributed by atoms with E-state index in [0.29, 0.717) is 52.3 Å². The highest BCUT2D eigenvalue weighted by atomic mass is 16.4. The fourth-order valence-corrected chi connectivity index (χ4v) is 8.52. The Kier molecular flexibility index (Phi) is 7.50. The summed E-state index contributed by atoms with van der Waals surface area (Å²) in [5, 5.41) is 5.50. The van der Waals surface area contributed by atoms with Crippen LogP contribution in [0.25, 0.3) is 0 Å². The van der Waals surface area contributed by atoms with E-state index in [4.69, 9.17) is 8.83 Å². The number of amides is 2. The third kappa shape index (κ3) is 6.00. The van der Waals surface area contributed by atoms with Gasteiger partial charge in [-0.05, 0) is 98.0 Å². The second-order valence-electron chi connectivity index (χ2n) is 14.3. The van der Waals surface area contributed by atoms with Crippen molar-refractivity contribution < 1.29 is 18.4 Å². The Morgan fingerprint density at radius 1 is 0.773 bits per heavy atom. The van der Waals surface area contributed by atoms with E-state index in [2.05, 4.69) is 23.8 Å². The van der Waals surface area contributed by atoms with Gasteiger partial charge >= 0.3 is 11.3 Å². The molecule has 4 aliphatic carbocycles. The molecule has 2 aliphatic heterocycles. The summed E-state index contributed by atoms with van der Waals surface area (Å²) in [4.78, 5) is 47.8. The van der Waals surface area contributed by atoms with Crippen LogP contribution in [0.2, 0.25) is 0 Å². The van der Waals surface area contributed by atoms with Gasteiger partial charge in [-0.1, -0.05) is 38.8 Å². The molecule has 4 heterocycles. The monoisotopic (exact) mass is 598 g/mol. The molecule has 0 radical (unpaired) electrons. The quantitative estimate of drug-likeness (QED) is 0.418. The van der Waals surface area contributed by atoms with Crippen LogP contribution in [0.5, 0.6) is 0 Å². The highest BCUT2D eigenvalue weighted by Gasteiger charge is 2.52. The first-order chi connectivity index (χ1) is 21.2. The molecule has 2 amide bonds. The van der Waals surface area contributed by atoms with Crippen LogP contribution in [-0.4, -0.2) is 11.8 Å². The summed E-state index contributed by atoms with van der Waals surface area (Å²) in [6.45, 7) is 7.52. The number of aryl methyl sites for hydroxylation is 2. The lowest BCUT2D eigenvalue weighted by atomic mass is 9.69. The average Bonchev–Trinajstić information content (AvgIpc) is 3.85. The fourth-order valence-electron chi connectivity index (χ4n) is 8.52. The van der Waals surface area contributed by atoms with Gasteiger partial charge in [0.2, 0.25) is 0 Å². The van der Waals surface area contributed by atoms with Gasteiger partial charge in [0.25, 0.3) is 11.8 Å². The molecule has 232 valence electrons. The van der Waals surface area contributed by atoms with Gasteiger partial charge in [0.05, 0.1) is 11.1 Å². The van der Waals surface area contributed by atoms with E-state index in [0.717, 1.165) is 60.5 Å². The maximum absolute atomic E-state index is 12.2. The van der Waals surface area contributed by atoms with Crippen LogP contribution >= 0.6 is 0 Å². The summed E-state index contributed by atoms with van der Waals surface area (Å²) in [5.41, 5.74) is 3.96. The molecule has 2 aromatic heterocycles. The summed E-state index contributed by atoms with van der Waals surface area (Å²) in [5.74, 6) is 3.94. The van der Waals surface area contributed by atoms with E-state index >= 15 is 0 Å². The van der Waals surface area contributed by atoms with E-state index in [1.165, 1.54) is 69.9 Å². The zero-order valence-electron chi connectivity index (χ0n) is 25.4. The van der Waals surface area contributed by atoms with Crippen molar-refractivity contribution in [1.29, 1.82) is 0 Å². The molecule has 6 aliphatic rings. The largest absolute Gasteiger partial charge is 0.427 e. The number of fused-ring (bicyclic) bond motifs is 2. The van der Waals surface area contributed by atoms with Crippen molar-refractivity contribution in [2.45, 2.75) is 96.3 Å². The first kappa shape index (κ1) is 29.1. The predicted molar refractivity (Wildman–Crippen MR) is 165 cm³/mol. The fraction of sp³-hybridized carbons (Fsp3) is 0.556. The summed E-state index contributed by atoms with van der Waals surface area (Å²) >= 11 is 0. The first-order valence-corrected chi connectivity index (χ1v) is 16.5. The van der Waals surface area contributed by atoms with Gasteiger partial charge in [0.15, 0.2) is 0 Å². The molecule has 2 N–H and O–H groups in total. The second kappa shape index (κ2) is 11.4. The van der Waals surface area contributed by atoms with Crippen LogP contribution in [0.1, 0.15) is 114 Å². The maximum atomic E-state index is 12.2. The molecule has 0 bridgehead atoms. The van der Waals surface area contributed by atoms with Gasteiger partial charge in [0.1, 0.15) is 11.5 Å². The smallest absolute Gasteiger partial charge is 0.336 e. The van der Waals surface area contributed by atoms with E-state index < -0.39 is 0 Å². The molecule has 4 saturated carbocycles. The van der Waals surface area contributed by atoms with Crippen molar-refractivity contribution >= 4 is 11.8 Å². The molecular weight excluding hydrogens is 556 g/mol. The van der Waals surface area contributed by atoms with Crippen LogP contribution in [0.15, 0.2) is 55.1 Å². The average molecular weight is 599 g/mol. The van der Waals surface area contributed by atoms with E-state index in [1.54, 1.807) is 0 Å². The molecule has 8 rings (SSSR count). The lowest BCUT2D eigenvalue weighted by Crippen LogP contribution is -2.32. The topological polar surface area (TPSA) is 119 Å². The maximum Gasteiger partial charge on any atom is 0.336 e. The Hall–Kier alpha value is -3.68. The molecule has 2 atom stereocenters. The molecule has 4 fully saturated rings. The molecule has 0 saturated heterocycles. The second-order valence-corrected chi connectivity index (χ2v) is 14.3. The molecule has 1 spiro atoms. The lowest BCUT2D eigenvalue weighted by Gasteiger charge is -2.36. The Morgan fingerprint density at radius 3 is 1.82 bits per heavy atom. The SMILES string of the molecule is C=C1Cc2oc(=O)cc(CCC3CC4(CC4)C3)c2C(=O)N1.C=C1Cc2oc(=O)cc(CCC3C[C@H]3C3CCCC3)c2C(=O)N1. The number of carbonyl (C=O) groups is 2. The van der Waals surface area contributed by atoms with Crippen LogP contribution in [0, 0.1) is 29.1 Å². The molecule has 8 heteroatoms. The molecule has 1 unspecified atom stereocenters. The number of rotatable bonds is 7. The van der Waals surface area contributed by atoms with Crippen molar-refractivity contribution in [2.75, 3.05) is 0 Å². The number of nitrogens with one attached hydrogen (secondary N) is 2. The van der Waals surface area contributed by atoms with Crippen LogP contribution in [0.4, 0.5) is 0 Å². The van der Waals surface area contributed by atoms with E-state index in [1.807, 2.05) is 0 Å². The zero-order valence-corrected chi connectivity index (χ0v) is 25.4. The minimum atomic E-state index is -0.362. The van der Waals surface area contributed by atoms with Gasteiger partial charge in [-0.15, -0.1) is 0 Å². The summed E-state index contributed by atoms with van der Waals surface area (Å²) in [6, 6.07) is 2.98. The van der Waals surface area contributed by atoms with E-state index in [-0.39, 0.29) is 23.1 Å².